The molecule has 2 rings (SSSR count). The lowest BCUT2D eigenvalue weighted by Gasteiger charge is -2.08. The van der Waals surface area contributed by atoms with Crippen LogP contribution in [0.4, 0.5) is 0 Å². The summed E-state index contributed by atoms with van der Waals surface area (Å²) in [5, 5.41) is 9.45. The molecular weight excluding hydrogens is 264 g/mol. The minimum absolute atomic E-state index is 0.157. The molecule has 3 nitrogen and oxygen atoms in total. The van der Waals surface area contributed by atoms with Crippen molar-refractivity contribution in [2.75, 3.05) is 6.61 Å². The predicted molar refractivity (Wildman–Crippen MR) is 83.2 cm³/mol. The van der Waals surface area contributed by atoms with E-state index in [0.29, 0.717) is 19.4 Å². The van der Waals surface area contributed by atoms with E-state index in [1.54, 1.807) is 12.1 Å². The van der Waals surface area contributed by atoms with Gasteiger partial charge in [0.2, 0.25) is 0 Å². The van der Waals surface area contributed by atoms with E-state index >= 15 is 0 Å². The molecule has 0 spiro atoms. The molecule has 0 radical (unpaired) electrons. The number of phenolic OH excluding ortho intramolecular Hbond substituents is 1. The van der Waals surface area contributed by atoms with E-state index in [9.17, 15) is 9.90 Å². The van der Waals surface area contributed by atoms with E-state index in [2.05, 4.69) is 0 Å². The Morgan fingerprint density at radius 2 is 1.86 bits per heavy atom. The molecule has 2 aromatic carbocycles. The topological polar surface area (TPSA) is 46.5 Å². The molecule has 21 heavy (non-hydrogen) atoms. The Balaban J connectivity index is 2.06. The molecule has 1 N–H and O–H groups in total. The fourth-order valence-electron chi connectivity index (χ4n) is 2.30. The fourth-order valence-corrected chi connectivity index (χ4v) is 2.30. The molecule has 0 fully saturated rings. The Labute approximate surface area is 125 Å². The van der Waals surface area contributed by atoms with Gasteiger partial charge in [-0.2, -0.15) is 0 Å². The van der Waals surface area contributed by atoms with Crippen molar-refractivity contribution in [1.82, 2.24) is 0 Å². The molecule has 110 valence electrons. The van der Waals surface area contributed by atoms with Crippen molar-refractivity contribution in [1.29, 1.82) is 0 Å². The van der Waals surface area contributed by atoms with Crippen LogP contribution in [0, 0.1) is 6.92 Å². The van der Waals surface area contributed by atoms with E-state index in [0.717, 1.165) is 22.3 Å². The van der Waals surface area contributed by atoms with Crippen molar-refractivity contribution in [3.63, 3.8) is 0 Å². The molecule has 0 bridgehead atoms. The minimum Gasteiger partial charge on any atom is -0.508 e. The first-order chi connectivity index (χ1) is 10.1. The number of carbonyl (C=O) groups is 1. The quantitative estimate of drug-likeness (QED) is 0.848. The molecule has 0 aliphatic carbocycles. The van der Waals surface area contributed by atoms with E-state index in [1.807, 2.05) is 44.2 Å². The highest BCUT2D eigenvalue weighted by molar-refractivity contribution is 5.70. The number of hydrogen-bond acceptors (Lipinski definition) is 3. The van der Waals surface area contributed by atoms with Crippen molar-refractivity contribution in [3.8, 4) is 16.9 Å². The molecule has 3 heteroatoms. The first-order valence-electron chi connectivity index (χ1n) is 7.14. The number of ether oxygens (including phenoxy) is 1. The number of esters is 1. The average molecular weight is 284 g/mol. The van der Waals surface area contributed by atoms with E-state index in [4.69, 9.17) is 4.74 Å². The van der Waals surface area contributed by atoms with Crippen LogP contribution in [0.5, 0.6) is 5.75 Å². The highest BCUT2D eigenvalue weighted by atomic mass is 16.5. The Bertz CT molecular complexity index is 615. The van der Waals surface area contributed by atoms with Crippen LogP contribution in [0.25, 0.3) is 11.1 Å². The van der Waals surface area contributed by atoms with Gasteiger partial charge in [0.15, 0.2) is 0 Å². The lowest BCUT2D eigenvalue weighted by atomic mass is 9.98. The third-order valence-corrected chi connectivity index (χ3v) is 3.40. The van der Waals surface area contributed by atoms with Crippen molar-refractivity contribution >= 4 is 5.97 Å². The van der Waals surface area contributed by atoms with Gasteiger partial charge in [0.1, 0.15) is 5.75 Å². The minimum atomic E-state index is -0.157. The Kier molecular flexibility index (Phi) is 4.99. The molecular formula is C18H20O3. The van der Waals surface area contributed by atoms with Crippen molar-refractivity contribution < 1.29 is 14.6 Å². The van der Waals surface area contributed by atoms with Crippen LogP contribution in [-0.2, 0) is 16.0 Å². The first-order valence-corrected chi connectivity index (χ1v) is 7.14. The second-order valence-electron chi connectivity index (χ2n) is 5.00. The van der Waals surface area contributed by atoms with E-state index < -0.39 is 0 Å². The number of carbonyl (C=O) groups excluding carboxylic acids is 1. The number of phenols is 1. The molecule has 0 unspecified atom stereocenters. The highest BCUT2D eigenvalue weighted by Gasteiger charge is 2.05. The number of rotatable bonds is 5. The normalized spacial score (nSPS) is 10.4. The maximum atomic E-state index is 11.3. The van der Waals surface area contributed by atoms with Gasteiger partial charge >= 0.3 is 5.97 Å². The number of benzene rings is 2. The van der Waals surface area contributed by atoms with E-state index in [1.165, 1.54) is 0 Å². The van der Waals surface area contributed by atoms with Gasteiger partial charge in [-0.05, 0) is 54.7 Å². The van der Waals surface area contributed by atoms with Gasteiger partial charge in [-0.3, -0.25) is 4.79 Å². The summed E-state index contributed by atoms with van der Waals surface area (Å²) in [7, 11) is 0. The second-order valence-corrected chi connectivity index (χ2v) is 5.00. The third-order valence-electron chi connectivity index (χ3n) is 3.40. The average Bonchev–Trinajstić information content (AvgIpc) is 2.46. The predicted octanol–water partition coefficient (Wildman–Crippen LogP) is 3.86. The van der Waals surface area contributed by atoms with Gasteiger partial charge in [-0.15, -0.1) is 0 Å². The SMILES string of the molecule is CCOC(=O)CCc1ccc(-c2ccc(O)cc2C)cc1. The van der Waals surface area contributed by atoms with Crippen molar-refractivity contribution in [3.05, 3.63) is 53.6 Å². The van der Waals surface area contributed by atoms with Crippen LogP contribution in [-0.4, -0.2) is 17.7 Å². The van der Waals surface area contributed by atoms with Gasteiger partial charge in [0, 0.05) is 6.42 Å². The summed E-state index contributed by atoms with van der Waals surface area (Å²) in [6, 6.07) is 13.5. The lowest BCUT2D eigenvalue weighted by molar-refractivity contribution is -0.143. The monoisotopic (exact) mass is 284 g/mol. The van der Waals surface area contributed by atoms with Gasteiger partial charge < -0.3 is 9.84 Å². The fraction of sp³-hybridized carbons (Fsp3) is 0.278. The summed E-state index contributed by atoms with van der Waals surface area (Å²) >= 11 is 0. The summed E-state index contributed by atoms with van der Waals surface area (Å²) < 4.78 is 4.92. The zero-order valence-electron chi connectivity index (χ0n) is 12.4. The lowest BCUT2D eigenvalue weighted by Crippen LogP contribution is -2.05. The summed E-state index contributed by atoms with van der Waals surface area (Å²) in [5.41, 5.74) is 4.36. The summed E-state index contributed by atoms with van der Waals surface area (Å²) in [5.74, 6) is 0.123. The molecule has 2 aromatic rings. The molecule has 0 amide bonds. The Morgan fingerprint density at radius 3 is 2.48 bits per heavy atom. The maximum Gasteiger partial charge on any atom is 0.306 e. The van der Waals surface area contributed by atoms with Crippen LogP contribution in [0.2, 0.25) is 0 Å². The highest BCUT2D eigenvalue weighted by Crippen LogP contribution is 2.26. The standard InChI is InChI=1S/C18H20O3/c1-3-21-18(20)11-6-14-4-7-15(8-5-14)17-10-9-16(19)12-13(17)2/h4-5,7-10,12,19H,3,6,11H2,1-2H3. The van der Waals surface area contributed by atoms with Gasteiger partial charge in [0.05, 0.1) is 6.61 Å². The molecule has 0 aromatic heterocycles. The smallest absolute Gasteiger partial charge is 0.306 e. The van der Waals surface area contributed by atoms with Gasteiger partial charge in [-0.25, -0.2) is 0 Å². The zero-order chi connectivity index (χ0) is 15.2. The number of aryl methyl sites for hydroxylation is 2. The number of hydrogen-bond donors (Lipinski definition) is 1. The zero-order valence-corrected chi connectivity index (χ0v) is 12.4. The van der Waals surface area contributed by atoms with Crippen LogP contribution in [0.15, 0.2) is 42.5 Å². The first kappa shape index (κ1) is 15.1. The van der Waals surface area contributed by atoms with E-state index in [-0.39, 0.29) is 11.7 Å². The molecule has 0 saturated heterocycles. The third kappa shape index (κ3) is 4.09. The molecule has 0 aliphatic heterocycles. The maximum absolute atomic E-state index is 11.3. The van der Waals surface area contributed by atoms with Crippen LogP contribution >= 0.6 is 0 Å². The largest absolute Gasteiger partial charge is 0.508 e. The summed E-state index contributed by atoms with van der Waals surface area (Å²) in [6.45, 7) is 4.22. The second kappa shape index (κ2) is 6.93. The van der Waals surface area contributed by atoms with Crippen LogP contribution in [0.1, 0.15) is 24.5 Å². The molecule has 0 atom stereocenters. The molecule has 0 aliphatic rings. The number of aromatic hydroxyl groups is 1. The van der Waals surface area contributed by atoms with Crippen molar-refractivity contribution in [2.45, 2.75) is 26.7 Å². The summed E-state index contributed by atoms with van der Waals surface area (Å²) in [6.07, 6.45) is 1.10. The van der Waals surface area contributed by atoms with Crippen LogP contribution < -0.4 is 0 Å². The van der Waals surface area contributed by atoms with Gasteiger partial charge in [0.25, 0.3) is 0 Å². The van der Waals surface area contributed by atoms with Crippen molar-refractivity contribution in [2.24, 2.45) is 0 Å². The van der Waals surface area contributed by atoms with Crippen LogP contribution in [0.3, 0.4) is 0 Å². The Morgan fingerprint density at radius 1 is 1.14 bits per heavy atom. The summed E-state index contributed by atoms with van der Waals surface area (Å²) in [4.78, 5) is 11.3. The molecule has 0 saturated carbocycles. The Hall–Kier alpha value is -2.29. The molecule has 0 heterocycles. The van der Waals surface area contributed by atoms with Gasteiger partial charge in [-0.1, -0.05) is 30.3 Å².